The van der Waals surface area contributed by atoms with E-state index in [4.69, 9.17) is 0 Å². The molecule has 2 amide bonds. The number of thiazole rings is 1. The monoisotopic (exact) mass is 291 g/mol. The van der Waals surface area contributed by atoms with E-state index in [2.05, 4.69) is 25.6 Å². The highest BCUT2D eigenvalue weighted by Crippen LogP contribution is 2.20. The van der Waals surface area contributed by atoms with E-state index in [1.807, 2.05) is 6.92 Å². The minimum Gasteiger partial charge on any atom is -0.355 e. The van der Waals surface area contributed by atoms with Crippen molar-refractivity contribution in [1.29, 1.82) is 0 Å². The zero-order valence-corrected chi connectivity index (χ0v) is 11.6. The Kier molecular flexibility index (Phi) is 4.72. The van der Waals surface area contributed by atoms with Gasteiger partial charge in [0, 0.05) is 24.3 Å². The highest BCUT2D eigenvalue weighted by molar-refractivity contribution is 7.13. The predicted molar refractivity (Wildman–Crippen MR) is 74.2 cm³/mol. The van der Waals surface area contributed by atoms with Gasteiger partial charge in [-0.3, -0.25) is 19.6 Å². The van der Waals surface area contributed by atoms with Gasteiger partial charge in [0.15, 0.2) is 0 Å². The van der Waals surface area contributed by atoms with E-state index in [1.54, 1.807) is 24.0 Å². The van der Waals surface area contributed by atoms with Crippen LogP contribution in [0.3, 0.4) is 0 Å². The average Bonchev–Trinajstić information content (AvgIpc) is 2.96. The largest absolute Gasteiger partial charge is 0.355 e. The molecule has 0 spiro atoms. The first-order valence-corrected chi connectivity index (χ1v) is 6.85. The highest BCUT2D eigenvalue weighted by Gasteiger charge is 2.13. The number of amides is 2. The lowest BCUT2D eigenvalue weighted by Crippen LogP contribution is -2.36. The Labute approximate surface area is 119 Å². The number of rotatable bonds is 5. The van der Waals surface area contributed by atoms with Gasteiger partial charge in [-0.2, -0.15) is 0 Å². The fraction of sp³-hybridized carbons (Fsp3) is 0.250. The smallest absolute Gasteiger partial charge is 0.271 e. The lowest BCUT2D eigenvalue weighted by atomic mass is 10.4. The molecule has 2 heterocycles. The summed E-state index contributed by atoms with van der Waals surface area (Å²) in [6.07, 6.45) is 4.71. The quantitative estimate of drug-likeness (QED) is 0.834. The van der Waals surface area contributed by atoms with Crippen LogP contribution in [0, 0.1) is 0 Å². The third-order valence-corrected chi connectivity index (χ3v) is 3.17. The molecule has 0 atom stereocenters. The average molecular weight is 291 g/mol. The van der Waals surface area contributed by atoms with Gasteiger partial charge in [-0.25, -0.2) is 4.98 Å². The normalized spacial score (nSPS) is 10.1. The minimum absolute atomic E-state index is 0.0648. The Hall–Kier alpha value is -2.35. The number of carbonyl (C=O) groups is 2. The van der Waals surface area contributed by atoms with E-state index in [0.29, 0.717) is 17.2 Å². The second-order valence-corrected chi connectivity index (χ2v) is 4.62. The third kappa shape index (κ3) is 3.58. The van der Waals surface area contributed by atoms with Gasteiger partial charge in [-0.15, -0.1) is 11.3 Å². The lowest BCUT2D eigenvalue weighted by molar-refractivity contribution is -0.120. The number of carbonyl (C=O) groups excluding carboxylic acids is 2. The molecule has 8 heteroatoms. The molecule has 20 heavy (non-hydrogen) atoms. The topological polar surface area (TPSA) is 96.9 Å². The van der Waals surface area contributed by atoms with Crippen molar-refractivity contribution in [3.8, 4) is 10.7 Å². The summed E-state index contributed by atoms with van der Waals surface area (Å²) in [6, 6.07) is 0. The van der Waals surface area contributed by atoms with Gasteiger partial charge in [-0.1, -0.05) is 0 Å². The van der Waals surface area contributed by atoms with Crippen LogP contribution in [-0.4, -0.2) is 39.9 Å². The van der Waals surface area contributed by atoms with Crippen LogP contribution >= 0.6 is 11.3 Å². The molecule has 7 nitrogen and oxygen atoms in total. The van der Waals surface area contributed by atoms with Crippen LogP contribution in [0.2, 0.25) is 0 Å². The summed E-state index contributed by atoms with van der Waals surface area (Å²) >= 11 is 1.30. The second kappa shape index (κ2) is 6.71. The van der Waals surface area contributed by atoms with Crippen molar-refractivity contribution in [2.75, 3.05) is 13.1 Å². The van der Waals surface area contributed by atoms with Crippen molar-refractivity contribution in [3.63, 3.8) is 0 Å². The summed E-state index contributed by atoms with van der Waals surface area (Å²) in [5.74, 6) is -0.618. The summed E-state index contributed by atoms with van der Waals surface area (Å²) in [4.78, 5) is 35.3. The Morgan fingerprint density at radius 2 is 2.15 bits per heavy atom. The molecular formula is C12H13N5O2S. The number of aromatic nitrogens is 3. The van der Waals surface area contributed by atoms with Crippen LogP contribution in [-0.2, 0) is 4.79 Å². The third-order valence-electron chi connectivity index (χ3n) is 2.30. The zero-order chi connectivity index (χ0) is 14.4. The van der Waals surface area contributed by atoms with Crippen LogP contribution in [0.5, 0.6) is 0 Å². The van der Waals surface area contributed by atoms with Crippen LogP contribution in [0.25, 0.3) is 10.7 Å². The molecule has 0 radical (unpaired) electrons. The van der Waals surface area contributed by atoms with Gasteiger partial charge in [0.25, 0.3) is 5.91 Å². The molecule has 0 saturated carbocycles. The molecule has 0 bridgehead atoms. The molecule has 2 aromatic rings. The summed E-state index contributed by atoms with van der Waals surface area (Å²) in [6.45, 7) is 2.28. The number of nitrogens with one attached hydrogen (secondary N) is 2. The summed E-state index contributed by atoms with van der Waals surface area (Å²) < 4.78 is 0. The molecule has 2 N–H and O–H groups in total. The summed E-state index contributed by atoms with van der Waals surface area (Å²) in [5.41, 5.74) is 0.875. The second-order valence-electron chi connectivity index (χ2n) is 3.76. The molecule has 0 saturated heterocycles. The van der Waals surface area contributed by atoms with Gasteiger partial charge < -0.3 is 10.6 Å². The van der Waals surface area contributed by atoms with Gasteiger partial charge in [-0.05, 0) is 6.92 Å². The maximum atomic E-state index is 11.8. The van der Waals surface area contributed by atoms with Crippen LogP contribution < -0.4 is 10.6 Å². The van der Waals surface area contributed by atoms with Gasteiger partial charge >= 0.3 is 0 Å². The first-order chi connectivity index (χ1) is 9.70. The molecular weight excluding hydrogens is 278 g/mol. The van der Waals surface area contributed by atoms with E-state index in [-0.39, 0.29) is 24.1 Å². The molecule has 0 aliphatic heterocycles. The van der Waals surface area contributed by atoms with Crippen molar-refractivity contribution < 1.29 is 9.59 Å². The summed E-state index contributed by atoms with van der Waals surface area (Å²) in [7, 11) is 0. The molecule has 0 aliphatic rings. The number of nitrogens with zero attached hydrogens (tertiary/aromatic N) is 3. The molecule has 2 aromatic heterocycles. The lowest BCUT2D eigenvalue weighted by Gasteiger charge is -2.03. The molecule has 0 unspecified atom stereocenters. The maximum Gasteiger partial charge on any atom is 0.271 e. The number of hydrogen-bond acceptors (Lipinski definition) is 6. The van der Waals surface area contributed by atoms with Gasteiger partial charge in [0.05, 0.1) is 12.7 Å². The Morgan fingerprint density at radius 1 is 1.30 bits per heavy atom. The van der Waals surface area contributed by atoms with Crippen molar-refractivity contribution in [3.05, 3.63) is 29.7 Å². The Bertz CT molecular complexity index is 599. The van der Waals surface area contributed by atoms with Crippen molar-refractivity contribution in [2.45, 2.75) is 6.92 Å². The van der Waals surface area contributed by atoms with Crippen LogP contribution in [0.15, 0.2) is 24.0 Å². The van der Waals surface area contributed by atoms with Crippen molar-refractivity contribution in [2.24, 2.45) is 0 Å². The molecule has 104 valence electrons. The maximum absolute atomic E-state index is 11.8. The van der Waals surface area contributed by atoms with Crippen LogP contribution in [0.1, 0.15) is 17.4 Å². The van der Waals surface area contributed by atoms with Crippen molar-refractivity contribution in [1.82, 2.24) is 25.6 Å². The van der Waals surface area contributed by atoms with E-state index >= 15 is 0 Å². The molecule has 2 rings (SSSR count). The highest BCUT2D eigenvalue weighted by atomic mass is 32.1. The predicted octanol–water partition coefficient (Wildman–Crippen LogP) is 0.466. The van der Waals surface area contributed by atoms with Gasteiger partial charge in [0.1, 0.15) is 16.4 Å². The fourth-order valence-electron chi connectivity index (χ4n) is 1.42. The Balaban J connectivity index is 1.98. The number of likely N-dealkylation sites (N-methyl/N-ethyl adjacent to an activating group) is 1. The van der Waals surface area contributed by atoms with E-state index in [1.165, 1.54) is 11.3 Å². The zero-order valence-electron chi connectivity index (χ0n) is 10.8. The number of hydrogen-bond donors (Lipinski definition) is 2. The van der Waals surface area contributed by atoms with E-state index in [0.717, 1.165) is 0 Å². The van der Waals surface area contributed by atoms with Crippen molar-refractivity contribution >= 4 is 23.2 Å². The standard InChI is InChI=1S/C12H13N5O2S/c1-2-14-10(18)6-16-11(19)9-7-20-12(17-9)8-5-13-3-4-15-8/h3-5,7H,2,6H2,1H3,(H,14,18)(H,16,19). The first kappa shape index (κ1) is 14.1. The van der Waals surface area contributed by atoms with E-state index in [9.17, 15) is 9.59 Å². The fourth-order valence-corrected chi connectivity index (χ4v) is 2.18. The first-order valence-electron chi connectivity index (χ1n) is 5.97. The van der Waals surface area contributed by atoms with Crippen LogP contribution in [0.4, 0.5) is 0 Å². The molecule has 0 fully saturated rings. The molecule has 0 aromatic carbocycles. The Morgan fingerprint density at radius 3 is 2.85 bits per heavy atom. The SMILES string of the molecule is CCNC(=O)CNC(=O)c1csc(-c2cnccn2)n1. The minimum atomic E-state index is -0.386. The summed E-state index contributed by atoms with van der Waals surface area (Å²) in [5, 5.41) is 7.33. The molecule has 0 aliphatic carbocycles. The van der Waals surface area contributed by atoms with E-state index < -0.39 is 0 Å². The van der Waals surface area contributed by atoms with Gasteiger partial charge in [0.2, 0.25) is 5.91 Å².